The number of carbonyl (C=O) groups is 1. The van der Waals surface area contributed by atoms with Crippen molar-refractivity contribution >= 4 is 28.6 Å². The number of morpholine rings is 1. The molecule has 48 heavy (non-hydrogen) atoms. The lowest BCUT2D eigenvalue weighted by atomic mass is 9.83. The summed E-state index contributed by atoms with van der Waals surface area (Å²) in [5, 5.41) is 5.60. The van der Waals surface area contributed by atoms with Crippen LogP contribution in [-0.2, 0) is 11.2 Å². The van der Waals surface area contributed by atoms with Gasteiger partial charge in [-0.05, 0) is 74.4 Å². The van der Waals surface area contributed by atoms with Crippen LogP contribution in [0.25, 0.3) is 16.9 Å². The number of alkyl halides is 5. The molecule has 0 unspecified atom stereocenters. The Morgan fingerprint density at radius 1 is 0.958 bits per heavy atom. The van der Waals surface area contributed by atoms with Gasteiger partial charge in [-0.3, -0.25) is 4.57 Å². The second-order valence-corrected chi connectivity index (χ2v) is 12.0. The SMILES string of the molecule is O=C(Nc1ccc(OC(F)(F)F)cc1)NC1CCC(CCCc2nc(N3CCOCC3)cc(-n3c(C(F)F)nc4ccccc43)n2)CC1. The van der Waals surface area contributed by atoms with E-state index in [1.807, 2.05) is 0 Å². The Labute approximate surface area is 273 Å². The Morgan fingerprint density at radius 3 is 2.38 bits per heavy atom. The summed E-state index contributed by atoms with van der Waals surface area (Å²) in [6.45, 7) is 2.39. The summed E-state index contributed by atoms with van der Waals surface area (Å²) in [7, 11) is 0. The number of halogens is 5. The van der Waals surface area contributed by atoms with Gasteiger partial charge in [-0.25, -0.2) is 28.5 Å². The molecule has 0 bridgehead atoms. The lowest BCUT2D eigenvalue weighted by Crippen LogP contribution is -2.40. The van der Waals surface area contributed by atoms with Gasteiger partial charge in [0.1, 0.15) is 23.2 Å². The standard InChI is InChI=1S/C33H36F5N7O3/c34-30(35)31-41-25-5-1-2-6-26(25)45(31)29-20-28(44-16-18-47-19-17-44)42-27(43-29)7-3-4-21-8-10-22(11-9-21)39-32(46)40-23-12-14-24(15-13-23)48-33(36,37)38/h1-2,5-6,12-15,20-22,30H,3-4,7-11,16-19H2,(H2,39,40,46). The van der Waals surface area contributed by atoms with Gasteiger partial charge in [-0.15, -0.1) is 13.2 Å². The van der Waals surface area contributed by atoms with Gasteiger partial charge in [0.05, 0.1) is 24.2 Å². The van der Waals surface area contributed by atoms with Crippen molar-refractivity contribution in [1.82, 2.24) is 24.8 Å². The van der Waals surface area contributed by atoms with E-state index in [0.29, 0.717) is 72.8 Å². The van der Waals surface area contributed by atoms with E-state index in [-0.39, 0.29) is 17.6 Å². The summed E-state index contributed by atoms with van der Waals surface area (Å²) in [4.78, 5) is 28.3. The van der Waals surface area contributed by atoms with Crippen LogP contribution in [-0.4, -0.2) is 64.3 Å². The van der Waals surface area contributed by atoms with Crippen LogP contribution in [0.2, 0.25) is 0 Å². The Hall–Kier alpha value is -4.53. The fourth-order valence-corrected chi connectivity index (χ4v) is 6.32. The largest absolute Gasteiger partial charge is 0.573 e. The molecule has 1 aliphatic carbocycles. The average molecular weight is 674 g/mol. The maximum atomic E-state index is 14.2. The van der Waals surface area contributed by atoms with E-state index in [2.05, 4.69) is 25.3 Å². The molecule has 1 aliphatic heterocycles. The van der Waals surface area contributed by atoms with Crippen LogP contribution in [0.4, 0.5) is 38.3 Å². The molecule has 0 radical (unpaired) electrons. The van der Waals surface area contributed by atoms with Gasteiger partial charge in [0, 0.05) is 37.3 Å². The monoisotopic (exact) mass is 673 g/mol. The van der Waals surface area contributed by atoms with Crippen molar-refractivity contribution in [2.24, 2.45) is 5.92 Å². The molecule has 0 spiro atoms. The van der Waals surface area contributed by atoms with E-state index in [1.54, 1.807) is 30.3 Å². The number of urea groups is 1. The van der Waals surface area contributed by atoms with E-state index >= 15 is 0 Å². The number of imidazole rings is 1. The number of rotatable bonds is 10. The number of aryl methyl sites for hydroxylation is 1. The van der Waals surface area contributed by atoms with Crippen molar-refractivity contribution in [3.63, 3.8) is 0 Å². The average Bonchev–Trinajstić information content (AvgIpc) is 3.46. The van der Waals surface area contributed by atoms with E-state index in [1.165, 1.54) is 16.7 Å². The van der Waals surface area contributed by atoms with E-state index in [9.17, 15) is 26.7 Å². The second-order valence-electron chi connectivity index (χ2n) is 12.0. The molecule has 256 valence electrons. The summed E-state index contributed by atoms with van der Waals surface area (Å²) in [5.41, 5.74) is 1.38. The first-order valence-electron chi connectivity index (χ1n) is 16.0. The Balaban J connectivity index is 1.04. The van der Waals surface area contributed by atoms with Crippen molar-refractivity contribution in [2.75, 3.05) is 36.5 Å². The smallest absolute Gasteiger partial charge is 0.406 e. The first-order valence-corrected chi connectivity index (χ1v) is 16.0. The van der Waals surface area contributed by atoms with Crippen molar-refractivity contribution in [2.45, 2.75) is 63.8 Å². The summed E-state index contributed by atoms with van der Waals surface area (Å²) < 4.78 is 76.2. The molecule has 2 amide bonds. The van der Waals surface area contributed by atoms with E-state index in [4.69, 9.17) is 14.7 Å². The Bertz CT molecular complexity index is 1690. The number of carbonyl (C=O) groups excluding carboxylic acids is 1. The van der Waals surface area contributed by atoms with Crippen LogP contribution in [0.15, 0.2) is 54.6 Å². The number of hydrogen-bond donors (Lipinski definition) is 2. The number of amides is 2. The number of nitrogens with one attached hydrogen (secondary N) is 2. The maximum absolute atomic E-state index is 14.2. The van der Waals surface area contributed by atoms with Crippen LogP contribution >= 0.6 is 0 Å². The molecule has 0 atom stereocenters. The summed E-state index contributed by atoms with van der Waals surface area (Å²) in [6.07, 6.45) is -1.79. The molecule has 6 rings (SSSR count). The van der Waals surface area contributed by atoms with Gasteiger partial charge in [-0.1, -0.05) is 18.6 Å². The third-order valence-corrected chi connectivity index (χ3v) is 8.63. The highest BCUT2D eigenvalue weighted by Crippen LogP contribution is 2.31. The van der Waals surface area contributed by atoms with Gasteiger partial charge >= 0.3 is 12.4 Å². The van der Waals surface area contributed by atoms with Gasteiger partial charge in [0.2, 0.25) is 0 Å². The molecular formula is C33H36F5N7O3. The number of para-hydroxylation sites is 2. The van der Waals surface area contributed by atoms with Crippen LogP contribution in [0.5, 0.6) is 5.75 Å². The van der Waals surface area contributed by atoms with Crippen molar-refractivity contribution in [1.29, 1.82) is 0 Å². The zero-order valence-electron chi connectivity index (χ0n) is 26.1. The molecule has 1 saturated heterocycles. The quantitative estimate of drug-likeness (QED) is 0.172. The van der Waals surface area contributed by atoms with Gasteiger partial charge in [0.25, 0.3) is 6.43 Å². The van der Waals surface area contributed by atoms with Gasteiger partial charge < -0.3 is 25.0 Å². The Morgan fingerprint density at radius 2 is 1.67 bits per heavy atom. The molecule has 2 aliphatic rings. The van der Waals surface area contributed by atoms with Crippen LogP contribution in [0, 0.1) is 5.92 Å². The number of fused-ring (bicyclic) bond motifs is 1. The van der Waals surface area contributed by atoms with Crippen LogP contribution < -0.4 is 20.3 Å². The number of benzene rings is 2. The summed E-state index contributed by atoms with van der Waals surface area (Å²) in [5.74, 6) is 1.35. The molecule has 10 nitrogen and oxygen atoms in total. The van der Waals surface area contributed by atoms with Crippen molar-refractivity contribution < 1.29 is 36.2 Å². The third kappa shape index (κ3) is 8.48. The molecule has 2 aromatic carbocycles. The number of ether oxygens (including phenoxy) is 2. The predicted molar refractivity (Wildman–Crippen MR) is 169 cm³/mol. The lowest BCUT2D eigenvalue weighted by molar-refractivity contribution is -0.274. The molecule has 2 N–H and O–H groups in total. The minimum atomic E-state index is -4.78. The molecule has 3 heterocycles. The molecular weight excluding hydrogens is 637 g/mol. The highest BCUT2D eigenvalue weighted by atomic mass is 19.4. The summed E-state index contributed by atoms with van der Waals surface area (Å²) >= 11 is 0. The molecule has 15 heteroatoms. The number of nitrogens with zero attached hydrogens (tertiary/aromatic N) is 5. The summed E-state index contributed by atoms with van der Waals surface area (Å²) in [6, 6.07) is 13.3. The highest BCUT2D eigenvalue weighted by Gasteiger charge is 2.31. The first-order chi connectivity index (χ1) is 23.1. The molecule has 4 aromatic rings. The van der Waals surface area contributed by atoms with Crippen LogP contribution in [0.3, 0.4) is 0 Å². The molecule has 2 fully saturated rings. The van der Waals surface area contributed by atoms with Gasteiger partial charge in [-0.2, -0.15) is 0 Å². The van der Waals surface area contributed by atoms with Crippen molar-refractivity contribution in [3.05, 3.63) is 66.2 Å². The predicted octanol–water partition coefficient (Wildman–Crippen LogP) is 7.19. The highest BCUT2D eigenvalue weighted by molar-refractivity contribution is 5.89. The van der Waals surface area contributed by atoms with E-state index in [0.717, 1.165) is 50.7 Å². The first kappa shape index (κ1) is 33.4. The Kier molecular flexibility index (Phi) is 10.2. The zero-order valence-corrected chi connectivity index (χ0v) is 26.1. The fraction of sp³-hybridized carbons (Fsp3) is 0.455. The zero-order chi connectivity index (χ0) is 33.7. The second kappa shape index (κ2) is 14.7. The maximum Gasteiger partial charge on any atom is 0.573 e. The normalized spacial score (nSPS) is 18.7. The number of hydrogen-bond acceptors (Lipinski definition) is 7. The third-order valence-electron chi connectivity index (χ3n) is 8.63. The number of anilines is 2. The molecule has 2 aromatic heterocycles. The minimum absolute atomic E-state index is 0.0146. The van der Waals surface area contributed by atoms with Crippen LogP contribution in [0.1, 0.15) is 56.6 Å². The fourth-order valence-electron chi connectivity index (χ4n) is 6.32. The van der Waals surface area contributed by atoms with E-state index < -0.39 is 18.8 Å². The minimum Gasteiger partial charge on any atom is -0.406 e. The van der Waals surface area contributed by atoms with Gasteiger partial charge in [0.15, 0.2) is 5.82 Å². The topological polar surface area (TPSA) is 106 Å². The lowest BCUT2D eigenvalue weighted by Gasteiger charge is -2.29. The number of aromatic nitrogens is 4. The van der Waals surface area contributed by atoms with Crippen molar-refractivity contribution in [3.8, 4) is 11.6 Å². The molecule has 1 saturated carbocycles.